The van der Waals surface area contributed by atoms with Crippen LogP contribution in [0.4, 0.5) is 11.5 Å². The molecule has 1 fully saturated rings. The van der Waals surface area contributed by atoms with Crippen molar-refractivity contribution in [3.63, 3.8) is 0 Å². The first-order valence-corrected chi connectivity index (χ1v) is 23.0. The number of hydrogen-bond acceptors (Lipinski definition) is 10. The fourth-order valence-electron chi connectivity index (χ4n) is 7.77. The lowest BCUT2D eigenvalue weighted by atomic mass is 9.73. The summed E-state index contributed by atoms with van der Waals surface area (Å²) < 4.78 is 0. The molecule has 3 N–H and O–H groups in total. The van der Waals surface area contributed by atoms with Gasteiger partial charge in [0.2, 0.25) is 0 Å². The second-order valence-electron chi connectivity index (χ2n) is 15.7. The summed E-state index contributed by atoms with van der Waals surface area (Å²) in [7, 11) is 3.57. The highest BCUT2D eigenvalue weighted by molar-refractivity contribution is 6.11. The van der Waals surface area contributed by atoms with Crippen molar-refractivity contribution < 1.29 is 24.8 Å². The van der Waals surface area contributed by atoms with E-state index in [1.54, 1.807) is 25.9 Å². The van der Waals surface area contributed by atoms with Gasteiger partial charge in [-0.15, -0.1) is 11.3 Å². The number of nitrogens with zero attached hydrogens (tertiary/aromatic N) is 15. The topological polar surface area (TPSA) is 244 Å². The van der Waals surface area contributed by atoms with E-state index in [9.17, 15) is 9.70 Å². The van der Waals surface area contributed by atoms with Gasteiger partial charge >= 0.3 is 0 Å². The van der Waals surface area contributed by atoms with E-state index in [-0.39, 0.29) is 37.3 Å². The zero-order valence-electron chi connectivity index (χ0n) is 42.2. The lowest BCUT2D eigenvalue weighted by Gasteiger charge is -2.42. The average Bonchev–Trinajstić information content (AvgIpc) is 1.60. The van der Waals surface area contributed by atoms with Crippen LogP contribution in [0, 0.1) is 182 Å². The molecule has 1 aromatic carbocycles. The van der Waals surface area contributed by atoms with Gasteiger partial charge in [0.1, 0.15) is 16.8 Å². The van der Waals surface area contributed by atoms with Crippen LogP contribution in [0.1, 0.15) is 90.8 Å². The second-order valence-corrected chi connectivity index (χ2v) is 15.7. The Hall–Kier alpha value is -12.0. The van der Waals surface area contributed by atoms with Crippen molar-refractivity contribution in [3.8, 4) is 166 Å². The number of aliphatic imine (C=N–C) groups is 1. The molecule has 0 saturated carbocycles. The number of amidine groups is 1. The van der Waals surface area contributed by atoms with Crippen LogP contribution in [0.3, 0.4) is 0 Å². The maximum absolute atomic E-state index is 12.5. The summed E-state index contributed by atoms with van der Waals surface area (Å²) in [6, 6.07) is 10.1. The third-order valence-electron chi connectivity index (χ3n) is 11.0. The monoisotopic (exact) mass is 1050 g/mol. The summed E-state index contributed by atoms with van der Waals surface area (Å²) in [6.07, 6.45) is 13.7. The van der Waals surface area contributed by atoms with Crippen LogP contribution in [0.5, 0.6) is 0 Å². The molecule has 78 heavy (non-hydrogen) atoms. The van der Waals surface area contributed by atoms with E-state index in [0.29, 0.717) is 12.1 Å². The van der Waals surface area contributed by atoms with Crippen molar-refractivity contribution >= 4 is 23.2 Å². The molecule has 19 heteroatoms. The number of carbonyl (C=O) groups is 1. The number of aromatic nitrogens is 3. The highest BCUT2D eigenvalue weighted by Crippen LogP contribution is 2.51. The second kappa shape index (κ2) is 32.1. The van der Waals surface area contributed by atoms with Crippen LogP contribution in [0.2, 0.25) is 0 Å². The maximum Gasteiger partial charge on any atom is 0.253 e. The van der Waals surface area contributed by atoms with E-state index in [2.05, 4.69) is 223 Å². The van der Waals surface area contributed by atoms with Gasteiger partial charge in [-0.05, 0) is 195 Å². The fraction of sp³-hybridized carbons (Fsp3) is 0.237. The normalized spacial score (nSPS) is 13.4. The number of pyridine rings is 1. The van der Waals surface area contributed by atoms with Gasteiger partial charge in [0.25, 0.3) is 5.91 Å². The molecular weight excluding hydrogens is 979 g/mol. The minimum Gasteiger partial charge on any atom is -0.355 e. The maximum atomic E-state index is 12.5. The van der Waals surface area contributed by atoms with Crippen LogP contribution < -0.4 is 15.5 Å². The van der Waals surface area contributed by atoms with Crippen LogP contribution in [-0.4, -0.2) is 65.3 Å². The van der Waals surface area contributed by atoms with Gasteiger partial charge in [-0.3, -0.25) is 14.8 Å². The number of hydrogen-bond donors (Lipinski definition) is 2. The standard InChI is InChI=1S/C30H34N8O.C29H4.HN9O.14H2/c1-36(2)29(39)19-7-8-20-16-30(27(31)21(20)15-19)9-13-37(14-10-30)25-18-33-26-23(35-25)17-34-28(26)38-12-4-5-22-24(38)6-3-11-32-22;1-3-5-7-9-11-13-15-17-19-21-23-25-27-29-28-26-24-22-20-18-16-14-12-10-8-6-4-2;1-2-3-4-5-6-7-8-9-10;;;;;;;;;;;;;;/h3,6-8,11,15,18,27H,4-5,9-10,12-14,16-17,31H2,1-2H3;1H,2H3;1H;14*1H/b;;2-1?,4-3+,6-5+,8-7+;;;;;;;;;;;;;;/t27-;;;;;;;;;;;;;;;;/m1................/s1. The van der Waals surface area contributed by atoms with Gasteiger partial charge in [-0.25, -0.2) is 9.97 Å². The average molecular weight is 1050 g/mol. The molecule has 400 valence electrons. The SMILES string of the molecule is C#CC#CC#CC#CC#CC#CC#CC#CC#CC#CC#CC#CC#CC#CC.CN(C)C(=O)c1ccc2c(c1)[C@@H](N)C1(CCN(c3cnc4c(n3)CN=C4N3CCCc4ncccc43)CC1)C2.N=N/N=N/N=N/N=N/N=O.[HH].[HH].[HH].[HH].[HH].[HH].[HH].[HH].[HH].[HH].[HH].[HH].[HH].[HH]. The molecular formula is C59H67N17O2. The van der Waals surface area contributed by atoms with Crippen LogP contribution in [0.25, 0.3) is 0 Å². The number of benzene rings is 1. The molecule has 4 aliphatic rings. The molecule has 1 amide bonds. The molecule has 3 aromatic rings. The van der Waals surface area contributed by atoms with Gasteiger partial charge in [0, 0.05) is 146 Å². The molecule has 5 heterocycles. The third-order valence-corrected chi connectivity index (χ3v) is 11.0. The lowest BCUT2D eigenvalue weighted by Crippen LogP contribution is -2.44. The Labute approximate surface area is 473 Å². The first-order chi connectivity index (χ1) is 38.3. The number of carbonyl (C=O) groups excluding carboxylic acids is 1. The quantitative estimate of drug-likeness (QED) is 0.104. The van der Waals surface area contributed by atoms with E-state index in [0.717, 1.165) is 91.7 Å². The minimum absolute atomic E-state index is 0. The highest BCUT2D eigenvalue weighted by atomic mass is 16.3. The molecule has 0 unspecified atom stereocenters. The first-order valence-electron chi connectivity index (χ1n) is 23.0. The predicted molar refractivity (Wildman–Crippen MR) is 322 cm³/mol. The van der Waals surface area contributed by atoms with Gasteiger partial charge in [-0.1, -0.05) is 12.0 Å². The number of fused-ring (bicyclic) bond motifs is 3. The van der Waals surface area contributed by atoms with Crippen LogP contribution in [0.15, 0.2) is 89.6 Å². The number of piperidine rings is 1. The molecule has 2 aromatic heterocycles. The number of nitrogens with two attached hydrogens (primary N) is 1. The van der Waals surface area contributed by atoms with Gasteiger partial charge in [0.05, 0.1) is 29.8 Å². The number of anilines is 2. The van der Waals surface area contributed by atoms with Crippen molar-refractivity contribution in [2.45, 2.75) is 51.6 Å². The van der Waals surface area contributed by atoms with Crippen LogP contribution in [-0.2, 0) is 19.4 Å². The van der Waals surface area contributed by atoms with Crippen molar-refractivity contribution in [1.29, 1.82) is 5.53 Å². The summed E-state index contributed by atoms with van der Waals surface area (Å²) in [5.74, 6) is 68.7. The number of terminal acetylenes is 1. The summed E-state index contributed by atoms with van der Waals surface area (Å²) >= 11 is 0. The predicted octanol–water partition coefficient (Wildman–Crippen LogP) is 9.06. The van der Waals surface area contributed by atoms with Gasteiger partial charge in [0.15, 0.2) is 5.84 Å². The Morgan fingerprint density at radius 3 is 1.83 bits per heavy atom. The van der Waals surface area contributed by atoms with E-state index in [4.69, 9.17) is 32.6 Å². The van der Waals surface area contributed by atoms with Gasteiger partial charge in [-0.2, -0.15) is 5.53 Å². The molecule has 1 spiro atoms. The Bertz CT molecular complexity index is 3920. The summed E-state index contributed by atoms with van der Waals surface area (Å²) in [4.78, 5) is 47.3. The number of amides is 1. The summed E-state index contributed by atoms with van der Waals surface area (Å²) in [6.45, 7) is 4.94. The van der Waals surface area contributed by atoms with E-state index in [1.165, 1.54) is 5.56 Å². The molecule has 7 rings (SSSR count). The number of rotatable bonds is 6. The Morgan fingerprint density at radius 1 is 0.744 bits per heavy atom. The van der Waals surface area contributed by atoms with Crippen molar-refractivity contribution in [3.05, 3.63) is 81.4 Å². The lowest BCUT2D eigenvalue weighted by molar-refractivity contribution is 0.0827. The molecule has 0 bridgehead atoms. The zero-order chi connectivity index (χ0) is 55.5. The molecule has 1 saturated heterocycles. The van der Waals surface area contributed by atoms with E-state index in [1.807, 2.05) is 35.9 Å². The van der Waals surface area contributed by atoms with Gasteiger partial charge < -0.3 is 20.4 Å². The Morgan fingerprint density at radius 2 is 1.29 bits per heavy atom. The number of aryl methyl sites for hydroxylation is 1. The molecule has 1 atom stereocenters. The fourth-order valence-corrected chi connectivity index (χ4v) is 7.77. The Kier molecular flexibility index (Phi) is 23.4. The summed E-state index contributed by atoms with van der Waals surface area (Å²) in [5, 5.41) is 20.8. The summed E-state index contributed by atoms with van der Waals surface area (Å²) in [5.41, 5.74) is 20.2. The minimum atomic E-state index is -0.0615. The van der Waals surface area contributed by atoms with Crippen LogP contribution >= 0.6 is 0 Å². The molecule has 1 aliphatic carbocycles. The van der Waals surface area contributed by atoms with Crippen molar-refractivity contribution in [2.24, 2.45) is 58.0 Å². The number of nitrogens with one attached hydrogen (secondary N) is 1. The Balaban J connectivity index is -0.000000144. The zero-order valence-corrected chi connectivity index (χ0v) is 42.2. The molecule has 3 aliphatic heterocycles. The third kappa shape index (κ3) is 17.6. The van der Waals surface area contributed by atoms with E-state index < -0.39 is 0 Å². The largest absolute Gasteiger partial charge is 0.355 e. The number of nitroso groups, excluding NO2 is 1. The molecule has 19 nitrogen and oxygen atoms in total. The van der Waals surface area contributed by atoms with E-state index >= 15 is 0 Å². The highest BCUT2D eigenvalue weighted by Gasteiger charge is 2.46. The smallest absolute Gasteiger partial charge is 0.253 e. The molecule has 0 radical (unpaired) electrons. The first kappa shape index (κ1) is 56.9. The van der Waals surface area contributed by atoms with Crippen molar-refractivity contribution in [1.82, 2.24) is 19.9 Å². The van der Waals surface area contributed by atoms with Crippen molar-refractivity contribution in [2.75, 3.05) is 43.5 Å².